The summed E-state index contributed by atoms with van der Waals surface area (Å²) < 4.78 is 2.08. The van der Waals surface area contributed by atoms with Gasteiger partial charge < -0.3 is 15.2 Å². The molecule has 6 heteroatoms. The van der Waals surface area contributed by atoms with Gasteiger partial charge in [-0.25, -0.2) is 4.98 Å². The van der Waals surface area contributed by atoms with Crippen LogP contribution in [0.25, 0.3) is 0 Å². The molecule has 1 aliphatic heterocycles. The van der Waals surface area contributed by atoms with E-state index in [1.807, 2.05) is 12.5 Å². The first-order valence-corrected chi connectivity index (χ1v) is 7.28. The van der Waals surface area contributed by atoms with E-state index in [9.17, 15) is 9.59 Å². The number of amides is 2. The monoisotopic (exact) mass is 276 g/mol. The van der Waals surface area contributed by atoms with E-state index in [4.69, 9.17) is 0 Å². The minimum Gasteiger partial charge on any atom is -0.355 e. The van der Waals surface area contributed by atoms with Gasteiger partial charge in [0, 0.05) is 31.4 Å². The quantitative estimate of drug-likeness (QED) is 0.849. The van der Waals surface area contributed by atoms with Gasteiger partial charge in [0.25, 0.3) is 0 Å². The lowest BCUT2D eigenvalue weighted by molar-refractivity contribution is -0.129. The van der Waals surface area contributed by atoms with E-state index < -0.39 is 0 Å². The van der Waals surface area contributed by atoms with Gasteiger partial charge in [-0.15, -0.1) is 0 Å². The fraction of sp³-hybridized carbons (Fsp3) is 0.643. The van der Waals surface area contributed by atoms with Crippen molar-refractivity contribution in [2.45, 2.75) is 44.2 Å². The van der Waals surface area contributed by atoms with Crippen LogP contribution in [0.4, 0.5) is 0 Å². The molecule has 0 bridgehead atoms. The summed E-state index contributed by atoms with van der Waals surface area (Å²) in [5.74, 6) is 0.0324. The normalized spacial score (nSPS) is 30.0. The Hall–Kier alpha value is -1.85. The molecule has 3 rings (SSSR count). The number of hydrogen-bond acceptors (Lipinski definition) is 3. The summed E-state index contributed by atoms with van der Waals surface area (Å²) in [6, 6.07) is 0.481. The molecule has 1 aromatic heterocycles. The van der Waals surface area contributed by atoms with Crippen LogP contribution in [0.15, 0.2) is 18.7 Å². The number of hydrogen-bond donors (Lipinski definition) is 2. The molecule has 20 heavy (non-hydrogen) atoms. The maximum absolute atomic E-state index is 12.3. The molecule has 2 heterocycles. The van der Waals surface area contributed by atoms with E-state index in [1.54, 1.807) is 6.20 Å². The zero-order chi connectivity index (χ0) is 13.9. The molecule has 1 aliphatic carbocycles. The van der Waals surface area contributed by atoms with E-state index >= 15 is 0 Å². The number of carbonyl (C=O) groups is 2. The number of nitrogens with one attached hydrogen (secondary N) is 2. The van der Waals surface area contributed by atoms with Crippen LogP contribution in [0.3, 0.4) is 0 Å². The smallest absolute Gasteiger partial charge is 0.225 e. The predicted octanol–water partition coefficient (Wildman–Crippen LogP) is 0.619. The van der Waals surface area contributed by atoms with Gasteiger partial charge in [0.15, 0.2) is 0 Å². The summed E-state index contributed by atoms with van der Waals surface area (Å²) >= 11 is 0. The predicted molar refractivity (Wildman–Crippen MR) is 72.8 cm³/mol. The Balaban J connectivity index is 1.59. The molecular weight excluding hydrogens is 256 g/mol. The van der Waals surface area contributed by atoms with Crippen molar-refractivity contribution in [2.24, 2.45) is 5.92 Å². The second-order valence-electron chi connectivity index (χ2n) is 5.66. The van der Waals surface area contributed by atoms with Crippen LogP contribution in [0.2, 0.25) is 0 Å². The average molecular weight is 276 g/mol. The first-order chi connectivity index (χ1) is 9.74. The molecule has 1 saturated heterocycles. The highest BCUT2D eigenvalue weighted by Crippen LogP contribution is 2.30. The number of nitrogens with zero attached hydrogens (tertiary/aromatic N) is 2. The minimum absolute atomic E-state index is 0.0474. The van der Waals surface area contributed by atoms with Crippen molar-refractivity contribution in [1.82, 2.24) is 20.2 Å². The van der Waals surface area contributed by atoms with Gasteiger partial charge in [-0.3, -0.25) is 9.59 Å². The van der Waals surface area contributed by atoms with E-state index in [1.165, 1.54) is 0 Å². The van der Waals surface area contributed by atoms with Gasteiger partial charge in [0.05, 0.1) is 18.3 Å². The van der Waals surface area contributed by atoms with Crippen molar-refractivity contribution < 1.29 is 9.59 Å². The fourth-order valence-electron chi connectivity index (χ4n) is 3.19. The molecular formula is C14H20N4O2. The number of piperidine rings is 1. The number of rotatable bonds is 3. The SMILES string of the molecule is O=C1CCC(C(=O)NC2CCCC2n2ccnc2)CN1. The molecule has 0 aromatic carbocycles. The van der Waals surface area contributed by atoms with Crippen molar-refractivity contribution in [2.75, 3.05) is 6.54 Å². The summed E-state index contributed by atoms with van der Waals surface area (Å²) in [7, 11) is 0. The molecule has 3 atom stereocenters. The van der Waals surface area contributed by atoms with E-state index in [0.717, 1.165) is 19.3 Å². The highest BCUT2D eigenvalue weighted by atomic mass is 16.2. The topological polar surface area (TPSA) is 76.0 Å². The van der Waals surface area contributed by atoms with Crippen LogP contribution in [-0.4, -0.2) is 34.0 Å². The summed E-state index contributed by atoms with van der Waals surface area (Å²) in [4.78, 5) is 27.5. The van der Waals surface area contributed by atoms with Crippen molar-refractivity contribution in [3.8, 4) is 0 Å². The van der Waals surface area contributed by atoms with Crippen LogP contribution in [0, 0.1) is 5.92 Å². The lowest BCUT2D eigenvalue weighted by Gasteiger charge is -2.26. The molecule has 108 valence electrons. The second-order valence-corrected chi connectivity index (χ2v) is 5.66. The van der Waals surface area contributed by atoms with Gasteiger partial charge in [-0.2, -0.15) is 0 Å². The molecule has 1 aromatic rings. The van der Waals surface area contributed by atoms with E-state index in [0.29, 0.717) is 25.4 Å². The second kappa shape index (κ2) is 5.64. The third kappa shape index (κ3) is 2.69. The first-order valence-electron chi connectivity index (χ1n) is 7.28. The Labute approximate surface area is 117 Å². The van der Waals surface area contributed by atoms with Crippen molar-refractivity contribution >= 4 is 11.8 Å². The molecule has 3 unspecified atom stereocenters. The van der Waals surface area contributed by atoms with Gasteiger partial charge in [-0.05, 0) is 25.7 Å². The Morgan fingerprint density at radius 2 is 2.30 bits per heavy atom. The Morgan fingerprint density at radius 3 is 3.00 bits per heavy atom. The molecule has 0 spiro atoms. The maximum Gasteiger partial charge on any atom is 0.225 e. The van der Waals surface area contributed by atoms with Gasteiger partial charge >= 0.3 is 0 Å². The zero-order valence-corrected chi connectivity index (χ0v) is 11.4. The van der Waals surface area contributed by atoms with Crippen LogP contribution in [0.5, 0.6) is 0 Å². The summed E-state index contributed by atoms with van der Waals surface area (Å²) in [5, 5.41) is 5.92. The van der Waals surface area contributed by atoms with E-state index in [-0.39, 0.29) is 23.8 Å². The third-order valence-electron chi connectivity index (χ3n) is 4.35. The summed E-state index contributed by atoms with van der Waals surface area (Å²) in [6.45, 7) is 0.465. The number of carbonyl (C=O) groups excluding carboxylic acids is 2. The molecule has 6 nitrogen and oxygen atoms in total. The van der Waals surface area contributed by atoms with Gasteiger partial charge in [0.1, 0.15) is 0 Å². The van der Waals surface area contributed by atoms with Crippen LogP contribution >= 0.6 is 0 Å². The lowest BCUT2D eigenvalue weighted by Crippen LogP contribution is -2.47. The molecule has 2 aliphatic rings. The molecule has 2 amide bonds. The standard InChI is InChI=1S/C14H20N4O2/c19-13-5-4-10(8-16-13)14(20)17-11-2-1-3-12(11)18-7-6-15-9-18/h6-7,9-12H,1-5,8H2,(H,16,19)(H,17,20). The van der Waals surface area contributed by atoms with Crippen molar-refractivity contribution in [1.29, 1.82) is 0 Å². The largest absolute Gasteiger partial charge is 0.355 e. The Bertz CT molecular complexity index is 475. The lowest BCUT2D eigenvalue weighted by atomic mass is 9.97. The minimum atomic E-state index is -0.0864. The maximum atomic E-state index is 12.3. The highest BCUT2D eigenvalue weighted by Gasteiger charge is 2.32. The Morgan fingerprint density at radius 1 is 1.40 bits per heavy atom. The molecule has 2 N–H and O–H groups in total. The van der Waals surface area contributed by atoms with E-state index in [2.05, 4.69) is 20.2 Å². The van der Waals surface area contributed by atoms with Crippen molar-refractivity contribution in [3.05, 3.63) is 18.7 Å². The molecule has 1 saturated carbocycles. The first kappa shape index (κ1) is 13.1. The van der Waals surface area contributed by atoms with Crippen LogP contribution < -0.4 is 10.6 Å². The molecule has 2 fully saturated rings. The van der Waals surface area contributed by atoms with Crippen LogP contribution in [0.1, 0.15) is 38.1 Å². The summed E-state index contributed by atoms with van der Waals surface area (Å²) in [6.07, 6.45) is 9.85. The molecule has 0 radical (unpaired) electrons. The van der Waals surface area contributed by atoms with Gasteiger partial charge in [-0.1, -0.05) is 0 Å². The number of imidazole rings is 1. The fourth-order valence-corrected chi connectivity index (χ4v) is 3.19. The third-order valence-corrected chi connectivity index (χ3v) is 4.35. The van der Waals surface area contributed by atoms with Gasteiger partial charge in [0.2, 0.25) is 11.8 Å². The Kier molecular flexibility index (Phi) is 3.71. The average Bonchev–Trinajstić information content (AvgIpc) is 3.09. The highest BCUT2D eigenvalue weighted by molar-refractivity contribution is 5.83. The van der Waals surface area contributed by atoms with Crippen LogP contribution in [-0.2, 0) is 9.59 Å². The van der Waals surface area contributed by atoms with Crippen molar-refractivity contribution in [3.63, 3.8) is 0 Å². The zero-order valence-electron chi connectivity index (χ0n) is 11.4. The number of aromatic nitrogens is 2. The summed E-state index contributed by atoms with van der Waals surface area (Å²) in [5.41, 5.74) is 0.